The number of halogens is 1. The van der Waals surface area contributed by atoms with E-state index >= 15 is 0 Å². The van der Waals surface area contributed by atoms with Crippen LogP contribution in [0.3, 0.4) is 0 Å². The summed E-state index contributed by atoms with van der Waals surface area (Å²) >= 11 is 0. The molecular formula is C7H14ClNO2. The predicted octanol–water partition coefficient (Wildman–Crippen LogP) is -0.485. The Morgan fingerprint density at radius 2 is 1.82 bits per heavy atom. The van der Waals surface area contributed by atoms with Gasteiger partial charge in [-0.1, -0.05) is 0 Å². The van der Waals surface area contributed by atoms with Crippen LogP contribution in [0.15, 0.2) is 0 Å². The Labute approximate surface area is 72.2 Å². The zero-order chi connectivity index (χ0) is 7.24. The van der Waals surface area contributed by atoms with Crippen molar-refractivity contribution in [2.24, 2.45) is 5.41 Å². The first-order valence-corrected chi connectivity index (χ1v) is 3.71. The Morgan fingerprint density at radius 3 is 2.09 bits per heavy atom. The molecule has 2 aliphatic heterocycles. The van der Waals surface area contributed by atoms with E-state index in [0.29, 0.717) is 0 Å². The lowest BCUT2D eigenvalue weighted by atomic mass is 9.63. The van der Waals surface area contributed by atoms with Gasteiger partial charge in [-0.15, -0.1) is 12.4 Å². The average molecular weight is 180 g/mol. The van der Waals surface area contributed by atoms with E-state index in [1.54, 1.807) is 0 Å². The molecule has 2 bridgehead atoms. The average Bonchev–Trinajstić information content (AvgIpc) is 2.40. The van der Waals surface area contributed by atoms with Crippen LogP contribution in [0.25, 0.3) is 0 Å². The van der Waals surface area contributed by atoms with Gasteiger partial charge in [-0.05, 0) is 12.8 Å². The maximum Gasteiger partial charge on any atom is 0.0613 e. The van der Waals surface area contributed by atoms with E-state index in [2.05, 4.69) is 5.32 Å². The Balaban J connectivity index is 0.000000605. The van der Waals surface area contributed by atoms with Gasteiger partial charge in [0.1, 0.15) is 0 Å². The second-order valence-electron chi connectivity index (χ2n) is 3.80. The van der Waals surface area contributed by atoms with Crippen molar-refractivity contribution in [3.63, 3.8) is 0 Å². The SMILES string of the molecule is Cl.OCC12CNC(CO)(C1)C2. The van der Waals surface area contributed by atoms with Crippen LogP contribution in [0.4, 0.5) is 0 Å². The lowest BCUT2D eigenvalue weighted by Crippen LogP contribution is -2.51. The zero-order valence-electron chi connectivity index (χ0n) is 6.34. The predicted molar refractivity (Wildman–Crippen MR) is 43.8 cm³/mol. The summed E-state index contributed by atoms with van der Waals surface area (Å²) in [6.07, 6.45) is 1.90. The van der Waals surface area contributed by atoms with Crippen LogP contribution < -0.4 is 5.32 Å². The third-order valence-electron chi connectivity index (χ3n) is 2.90. The molecule has 0 aromatic heterocycles. The smallest absolute Gasteiger partial charge is 0.0613 e. The third-order valence-corrected chi connectivity index (χ3v) is 2.90. The first-order valence-electron chi connectivity index (χ1n) is 3.71. The van der Waals surface area contributed by atoms with Crippen molar-refractivity contribution in [3.05, 3.63) is 0 Å². The normalized spacial score (nSPS) is 46.4. The van der Waals surface area contributed by atoms with Crippen LogP contribution in [0.1, 0.15) is 12.8 Å². The number of hydrogen-bond acceptors (Lipinski definition) is 3. The second-order valence-corrected chi connectivity index (χ2v) is 3.80. The van der Waals surface area contributed by atoms with E-state index in [0.717, 1.165) is 19.4 Å². The van der Waals surface area contributed by atoms with Crippen molar-refractivity contribution in [1.82, 2.24) is 5.32 Å². The number of rotatable bonds is 2. The number of fused-ring (bicyclic) bond motifs is 1. The quantitative estimate of drug-likeness (QED) is 0.537. The fraction of sp³-hybridized carbons (Fsp3) is 1.00. The highest BCUT2D eigenvalue weighted by atomic mass is 35.5. The largest absolute Gasteiger partial charge is 0.396 e. The van der Waals surface area contributed by atoms with Crippen LogP contribution >= 0.6 is 12.4 Å². The van der Waals surface area contributed by atoms with Crippen molar-refractivity contribution < 1.29 is 10.2 Å². The molecular weight excluding hydrogens is 166 g/mol. The summed E-state index contributed by atoms with van der Waals surface area (Å²) in [4.78, 5) is 0. The van der Waals surface area contributed by atoms with E-state index in [1.807, 2.05) is 0 Å². The van der Waals surface area contributed by atoms with E-state index in [4.69, 9.17) is 10.2 Å². The summed E-state index contributed by atoms with van der Waals surface area (Å²) in [5.41, 5.74) is 0.117. The van der Waals surface area contributed by atoms with E-state index in [9.17, 15) is 0 Å². The summed E-state index contributed by atoms with van der Waals surface area (Å²) in [6.45, 7) is 1.36. The van der Waals surface area contributed by atoms with E-state index in [1.165, 1.54) is 0 Å². The van der Waals surface area contributed by atoms with Crippen LogP contribution in [0, 0.1) is 5.41 Å². The topological polar surface area (TPSA) is 52.5 Å². The minimum Gasteiger partial charge on any atom is -0.396 e. The zero-order valence-corrected chi connectivity index (χ0v) is 7.15. The number of aliphatic hydroxyl groups is 2. The lowest BCUT2D eigenvalue weighted by molar-refractivity contribution is 0.0132. The highest BCUT2D eigenvalue weighted by Crippen LogP contribution is 2.53. The molecule has 4 heteroatoms. The second kappa shape index (κ2) is 2.59. The summed E-state index contributed by atoms with van der Waals surface area (Å²) in [7, 11) is 0. The first-order chi connectivity index (χ1) is 4.74. The van der Waals surface area contributed by atoms with Crippen LogP contribution in [0.5, 0.6) is 0 Å². The highest BCUT2D eigenvalue weighted by Gasteiger charge is 2.59. The Bertz CT molecular complexity index is 141. The van der Waals surface area contributed by atoms with Gasteiger partial charge in [0.25, 0.3) is 0 Å². The molecule has 2 heterocycles. The van der Waals surface area contributed by atoms with Crippen molar-refractivity contribution >= 4 is 12.4 Å². The van der Waals surface area contributed by atoms with E-state index in [-0.39, 0.29) is 36.6 Å². The van der Waals surface area contributed by atoms with Crippen molar-refractivity contribution in [2.75, 3.05) is 19.8 Å². The van der Waals surface area contributed by atoms with E-state index < -0.39 is 0 Å². The summed E-state index contributed by atoms with van der Waals surface area (Å²) in [5.74, 6) is 0. The van der Waals surface area contributed by atoms with Gasteiger partial charge in [0.2, 0.25) is 0 Å². The first kappa shape index (κ1) is 9.26. The molecule has 0 atom stereocenters. The standard InChI is InChI=1S/C7H13NO2.ClH/c9-4-6-1-7(2-6,5-10)8-3-6;/h8-10H,1-5H2;1H. The molecule has 0 radical (unpaired) electrons. The van der Waals surface area contributed by atoms with Crippen molar-refractivity contribution in [1.29, 1.82) is 0 Å². The summed E-state index contributed by atoms with van der Waals surface area (Å²) < 4.78 is 0. The van der Waals surface area contributed by atoms with Gasteiger partial charge in [0.05, 0.1) is 13.2 Å². The molecule has 3 aliphatic rings. The minimum absolute atomic E-state index is 0. The highest BCUT2D eigenvalue weighted by molar-refractivity contribution is 5.85. The lowest BCUT2D eigenvalue weighted by Gasteiger charge is -2.44. The number of aliphatic hydroxyl groups excluding tert-OH is 2. The molecule has 1 aliphatic carbocycles. The molecule has 66 valence electrons. The maximum atomic E-state index is 8.95. The molecule has 0 aromatic rings. The molecule has 0 amide bonds. The van der Waals surface area contributed by atoms with Gasteiger partial charge < -0.3 is 15.5 Å². The van der Waals surface area contributed by atoms with Crippen LogP contribution in [-0.4, -0.2) is 35.5 Å². The Hall–Kier alpha value is 0.170. The summed E-state index contributed by atoms with van der Waals surface area (Å²) in [5, 5.41) is 21.1. The minimum atomic E-state index is -0.0112. The fourth-order valence-corrected chi connectivity index (χ4v) is 2.34. The molecule has 0 spiro atoms. The Kier molecular flexibility index (Phi) is 2.18. The van der Waals surface area contributed by atoms with Gasteiger partial charge in [-0.2, -0.15) is 0 Å². The fourth-order valence-electron chi connectivity index (χ4n) is 2.34. The molecule has 0 unspecified atom stereocenters. The van der Waals surface area contributed by atoms with Gasteiger partial charge in [-0.3, -0.25) is 0 Å². The molecule has 0 aromatic carbocycles. The molecule has 2 saturated heterocycles. The monoisotopic (exact) mass is 179 g/mol. The third kappa shape index (κ3) is 1.07. The molecule has 3 N–H and O–H groups in total. The molecule has 1 saturated carbocycles. The number of hydrogen-bond donors (Lipinski definition) is 3. The van der Waals surface area contributed by atoms with Gasteiger partial charge in [0, 0.05) is 17.5 Å². The molecule has 11 heavy (non-hydrogen) atoms. The van der Waals surface area contributed by atoms with Gasteiger partial charge in [0.15, 0.2) is 0 Å². The summed E-state index contributed by atoms with van der Waals surface area (Å²) in [6, 6.07) is 0. The van der Waals surface area contributed by atoms with Crippen molar-refractivity contribution in [2.45, 2.75) is 18.4 Å². The van der Waals surface area contributed by atoms with Gasteiger partial charge in [-0.25, -0.2) is 0 Å². The molecule has 3 nitrogen and oxygen atoms in total. The number of nitrogens with one attached hydrogen (secondary N) is 1. The maximum absolute atomic E-state index is 8.95. The van der Waals surface area contributed by atoms with Crippen LogP contribution in [-0.2, 0) is 0 Å². The molecule has 3 fully saturated rings. The Morgan fingerprint density at radius 1 is 1.18 bits per heavy atom. The van der Waals surface area contributed by atoms with Crippen LogP contribution in [0.2, 0.25) is 0 Å². The van der Waals surface area contributed by atoms with Crippen molar-refractivity contribution in [3.8, 4) is 0 Å². The molecule has 3 rings (SSSR count). The van der Waals surface area contributed by atoms with Gasteiger partial charge >= 0.3 is 0 Å².